The van der Waals surface area contributed by atoms with Gasteiger partial charge < -0.3 is 10.6 Å². The van der Waals surface area contributed by atoms with Gasteiger partial charge in [-0.2, -0.15) is 0 Å². The number of hydrogen-bond acceptors (Lipinski definition) is 1. The number of benzene rings is 1. The van der Waals surface area contributed by atoms with Crippen molar-refractivity contribution in [3.05, 3.63) is 35.4 Å². The Morgan fingerprint density at radius 3 is 2.52 bits per heavy atom. The molecule has 1 fully saturated rings. The van der Waals surface area contributed by atoms with Crippen LogP contribution in [0.4, 0.5) is 8.78 Å². The van der Waals surface area contributed by atoms with Crippen LogP contribution in [0.25, 0.3) is 0 Å². The average molecular weight is 295 g/mol. The van der Waals surface area contributed by atoms with E-state index < -0.39 is 11.6 Å². The van der Waals surface area contributed by atoms with Gasteiger partial charge in [-0.15, -0.1) is 0 Å². The number of likely N-dealkylation sites (tertiary alicyclic amines) is 1. The van der Waals surface area contributed by atoms with Crippen LogP contribution in [0.2, 0.25) is 0 Å². The number of hydrogen-bond donors (Lipinski definition) is 1. The smallest absolute Gasteiger partial charge is 0.191 e. The topological polar surface area (TPSA) is 41.6 Å². The van der Waals surface area contributed by atoms with Crippen LogP contribution in [0.5, 0.6) is 0 Å². The lowest BCUT2D eigenvalue weighted by Crippen LogP contribution is -2.38. The molecular weight excluding hydrogens is 272 g/mol. The molecule has 2 N–H and O–H groups in total. The predicted molar refractivity (Wildman–Crippen MR) is 81.3 cm³/mol. The SMILES string of the molecule is CC(CN=C(N)N1CCCCCC1)c1ccc(F)cc1F. The standard InChI is InChI=1S/C16H23F2N3/c1-12(14-7-6-13(17)10-15(14)18)11-20-16(19)21-8-4-2-3-5-9-21/h6-7,10,12H,2-5,8-9,11H2,1H3,(H2,19,20). The molecule has 0 spiro atoms. The molecule has 1 aromatic carbocycles. The fourth-order valence-corrected chi connectivity index (χ4v) is 2.63. The number of halogens is 2. The molecule has 0 bridgehead atoms. The van der Waals surface area contributed by atoms with Crippen LogP contribution >= 0.6 is 0 Å². The highest BCUT2D eigenvalue weighted by atomic mass is 19.1. The summed E-state index contributed by atoms with van der Waals surface area (Å²) in [6.45, 7) is 4.16. The first-order chi connectivity index (χ1) is 10.1. The summed E-state index contributed by atoms with van der Waals surface area (Å²) in [5.41, 5.74) is 6.50. The van der Waals surface area contributed by atoms with Gasteiger partial charge in [0, 0.05) is 31.6 Å². The monoisotopic (exact) mass is 295 g/mol. The predicted octanol–water partition coefficient (Wildman–Crippen LogP) is 3.26. The zero-order valence-electron chi connectivity index (χ0n) is 12.5. The van der Waals surface area contributed by atoms with Crippen LogP contribution in [-0.2, 0) is 0 Å². The van der Waals surface area contributed by atoms with E-state index in [0.717, 1.165) is 32.0 Å². The van der Waals surface area contributed by atoms with Crippen LogP contribution in [0.3, 0.4) is 0 Å². The van der Waals surface area contributed by atoms with Crippen molar-refractivity contribution in [1.29, 1.82) is 0 Å². The van der Waals surface area contributed by atoms with Crippen LogP contribution in [0.15, 0.2) is 23.2 Å². The molecule has 5 heteroatoms. The molecule has 1 aliphatic rings. The van der Waals surface area contributed by atoms with Crippen molar-refractivity contribution < 1.29 is 8.78 Å². The van der Waals surface area contributed by atoms with Gasteiger partial charge >= 0.3 is 0 Å². The molecule has 3 nitrogen and oxygen atoms in total. The maximum absolute atomic E-state index is 13.7. The largest absolute Gasteiger partial charge is 0.370 e. The number of rotatable bonds is 3. The zero-order valence-corrected chi connectivity index (χ0v) is 12.5. The minimum Gasteiger partial charge on any atom is -0.370 e. The molecule has 1 unspecified atom stereocenters. The summed E-state index contributed by atoms with van der Waals surface area (Å²) in [5, 5.41) is 0. The molecule has 1 heterocycles. The van der Waals surface area contributed by atoms with Crippen molar-refractivity contribution >= 4 is 5.96 Å². The number of nitrogens with zero attached hydrogens (tertiary/aromatic N) is 2. The maximum Gasteiger partial charge on any atom is 0.191 e. The van der Waals surface area contributed by atoms with E-state index in [0.29, 0.717) is 18.1 Å². The lowest BCUT2D eigenvalue weighted by Gasteiger charge is -2.21. The van der Waals surface area contributed by atoms with Crippen molar-refractivity contribution in [2.75, 3.05) is 19.6 Å². The van der Waals surface area contributed by atoms with E-state index in [-0.39, 0.29) is 5.92 Å². The van der Waals surface area contributed by atoms with Gasteiger partial charge in [-0.25, -0.2) is 8.78 Å². The highest BCUT2D eigenvalue weighted by molar-refractivity contribution is 5.78. The molecule has 1 aliphatic heterocycles. The van der Waals surface area contributed by atoms with Gasteiger partial charge in [0.15, 0.2) is 5.96 Å². The zero-order chi connectivity index (χ0) is 15.2. The molecule has 1 aromatic rings. The van der Waals surface area contributed by atoms with Crippen molar-refractivity contribution in [1.82, 2.24) is 4.90 Å². The van der Waals surface area contributed by atoms with E-state index in [9.17, 15) is 8.78 Å². The third-order valence-electron chi connectivity index (χ3n) is 3.95. The summed E-state index contributed by atoms with van der Waals surface area (Å²) in [6.07, 6.45) is 4.75. The Morgan fingerprint density at radius 2 is 1.90 bits per heavy atom. The average Bonchev–Trinajstić information content (AvgIpc) is 2.73. The van der Waals surface area contributed by atoms with E-state index in [1.807, 2.05) is 6.92 Å². The molecule has 0 aliphatic carbocycles. The summed E-state index contributed by atoms with van der Waals surface area (Å²) in [5.74, 6) is -0.676. The molecule has 1 atom stereocenters. The summed E-state index contributed by atoms with van der Waals surface area (Å²) in [4.78, 5) is 6.49. The van der Waals surface area contributed by atoms with E-state index in [1.165, 1.54) is 25.0 Å². The number of guanidine groups is 1. The quantitative estimate of drug-likeness (QED) is 0.687. The summed E-state index contributed by atoms with van der Waals surface area (Å²) in [6, 6.07) is 3.66. The summed E-state index contributed by atoms with van der Waals surface area (Å²) < 4.78 is 26.6. The Morgan fingerprint density at radius 1 is 1.24 bits per heavy atom. The first kappa shape index (κ1) is 15.7. The van der Waals surface area contributed by atoms with E-state index in [2.05, 4.69) is 9.89 Å². The third kappa shape index (κ3) is 4.41. The van der Waals surface area contributed by atoms with Crippen molar-refractivity contribution in [3.63, 3.8) is 0 Å². The number of nitrogens with two attached hydrogens (primary N) is 1. The van der Waals surface area contributed by atoms with Crippen LogP contribution in [0.1, 0.15) is 44.1 Å². The molecular formula is C16H23F2N3. The second-order valence-electron chi connectivity index (χ2n) is 5.67. The third-order valence-corrected chi connectivity index (χ3v) is 3.95. The minimum atomic E-state index is -0.559. The molecule has 0 radical (unpaired) electrons. The van der Waals surface area contributed by atoms with Gasteiger partial charge in [-0.05, 0) is 24.5 Å². The second kappa shape index (κ2) is 7.38. The highest BCUT2D eigenvalue weighted by Gasteiger charge is 2.14. The van der Waals surface area contributed by atoms with Gasteiger partial charge in [-0.3, -0.25) is 4.99 Å². The normalized spacial score (nSPS) is 18.4. The van der Waals surface area contributed by atoms with Crippen LogP contribution < -0.4 is 5.73 Å². The first-order valence-corrected chi connectivity index (χ1v) is 7.57. The van der Waals surface area contributed by atoms with Gasteiger partial charge in [-0.1, -0.05) is 25.8 Å². The lowest BCUT2D eigenvalue weighted by atomic mass is 10.0. The Hall–Kier alpha value is -1.65. The second-order valence-corrected chi connectivity index (χ2v) is 5.67. The first-order valence-electron chi connectivity index (χ1n) is 7.57. The Kier molecular flexibility index (Phi) is 5.53. The molecule has 2 rings (SSSR count). The molecule has 21 heavy (non-hydrogen) atoms. The van der Waals surface area contributed by atoms with Crippen molar-refractivity contribution in [2.45, 2.75) is 38.5 Å². The molecule has 0 amide bonds. The van der Waals surface area contributed by atoms with Gasteiger partial charge in [0.25, 0.3) is 0 Å². The van der Waals surface area contributed by atoms with E-state index >= 15 is 0 Å². The summed E-state index contributed by atoms with van der Waals surface area (Å²) >= 11 is 0. The highest BCUT2D eigenvalue weighted by Crippen LogP contribution is 2.20. The lowest BCUT2D eigenvalue weighted by molar-refractivity contribution is 0.428. The Labute approximate surface area is 124 Å². The van der Waals surface area contributed by atoms with Gasteiger partial charge in [0.05, 0.1) is 0 Å². The molecule has 116 valence electrons. The Bertz CT molecular complexity index is 494. The molecule has 1 saturated heterocycles. The van der Waals surface area contributed by atoms with Gasteiger partial charge in [0.2, 0.25) is 0 Å². The van der Waals surface area contributed by atoms with Crippen LogP contribution in [-0.4, -0.2) is 30.5 Å². The fourth-order valence-electron chi connectivity index (χ4n) is 2.63. The Balaban J connectivity index is 1.98. The molecule has 0 saturated carbocycles. The minimum absolute atomic E-state index is 0.129. The maximum atomic E-state index is 13.7. The van der Waals surface area contributed by atoms with Gasteiger partial charge in [0.1, 0.15) is 11.6 Å². The number of aliphatic imine (C=N–C) groups is 1. The van der Waals surface area contributed by atoms with Crippen molar-refractivity contribution in [3.8, 4) is 0 Å². The van der Waals surface area contributed by atoms with Crippen LogP contribution in [0, 0.1) is 11.6 Å². The summed E-state index contributed by atoms with van der Waals surface area (Å²) in [7, 11) is 0. The van der Waals surface area contributed by atoms with E-state index in [1.54, 1.807) is 0 Å². The fraction of sp³-hybridized carbons (Fsp3) is 0.562. The van der Waals surface area contributed by atoms with Crippen molar-refractivity contribution in [2.24, 2.45) is 10.7 Å². The van der Waals surface area contributed by atoms with E-state index in [4.69, 9.17) is 5.73 Å². The molecule has 0 aromatic heterocycles.